The van der Waals surface area contributed by atoms with Crippen LogP contribution < -0.4 is 15.5 Å². The van der Waals surface area contributed by atoms with Gasteiger partial charge in [-0.25, -0.2) is 8.42 Å². The van der Waals surface area contributed by atoms with E-state index < -0.39 is 10.0 Å². The van der Waals surface area contributed by atoms with Crippen LogP contribution in [-0.2, 0) is 10.0 Å². The first-order chi connectivity index (χ1) is 14.0. The van der Waals surface area contributed by atoms with E-state index in [-0.39, 0.29) is 35.3 Å². The number of carbonyl (C=O) groups excluding carboxylic acids is 1. The zero-order chi connectivity index (χ0) is 20.4. The summed E-state index contributed by atoms with van der Waals surface area (Å²) in [6, 6.07) is 17.0. The molecule has 0 aliphatic carbocycles. The number of ketones is 1. The first kappa shape index (κ1) is 19.1. The molecule has 150 valence electrons. The van der Waals surface area contributed by atoms with Crippen LogP contribution in [0.3, 0.4) is 0 Å². The van der Waals surface area contributed by atoms with Crippen molar-refractivity contribution >= 4 is 21.7 Å². The highest BCUT2D eigenvalue weighted by atomic mass is 32.2. The average Bonchev–Trinajstić information content (AvgIpc) is 3.16. The lowest BCUT2D eigenvalue weighted by Gasteiger charge is -2.29. The standard InChI is InChI=1S/C19H19N5O4S/c20-19-17(18(25)15-7-3-1-4-8-15)24(21-28-19)22-11-13-23(14-12-22)29(26,27)16-9-5-2-6-10-16/h1-10H,11-14H2,(H-,20,21,25)/p+1. The van der Waals surface area contributed by atoms with Gasteiger partial charge in [0.15, 0.2) is 0 Å². The summed E-state index contributed by atoms with van der Waals surface area (Å²) in [6.07, 6.45) is 0. The van der Waals surface area contributed by atoms with Gasteiger partial charge in [0.2, 0.25) is 15.3 Å². The van der Waals surface area contributed by atoms with Gasteiger partial charge in [-0.1, -0.05) is 48.5 Å². The van der Waals surface area contributed by atoms with Crippen LogP contribution in [0.2, 0.25) is 0 Å². The molecule has 1 aliphatic heterocycles. The van der Waals surface area contributed by atoms with Crippen molar-refractivity contribution in [2.75, 3.05) is 36.9 Å². The molecule has 3 aromatic rings. The van der Waals surface area contributed by atoms with Gasteiger partial charge >= 0.3 is 11.6 Å². The second-order valence-electron chi connectivity index (χ2n) is 6.54. The highest BCUT2D eigenvalue weighted by molar-refractivity contribution is 7.89. The maximum absolute atomic E-state index is 12.9. The zero-order valence-electron chi connectivity index (χ0n) is 15.5. The summed E-state index contributed by atoms with van der Waals surface area (Å²) in [7, 11) is -3.57. The summed E-state index contributed by atoms with van der Waals surface area (Å²) in [5.74, 6) is -0.401. The Kier molecular flexibility index (Phi) is 5.03. The minimum Gasteiger partial charge on any atom is -0.361 e. The Balaban J connectivity index is 1.54. The largest absolute Gasteiger partial charge is 0.378 e. The number of aromatic nitrogens is 2. The number of sulfonamides is 1. The Morgan fingerprint density at radius 3 is 2.17 bits per heavy atom. The molecule has 9 nitrogen and oxygen atoms in total. The number of benzene rings is 2. The van der Waals surface area contributed by atoms with Crippen LogP contribution in [0.1, 0.15) is 16.1 Å². The molecule has 29 heavy (non-hydrogen) atoms. The number of nitrogens with two attached hydrogens (primary N) is 1. The van der Waals surface area contributed by atoms with Gasteiger partial charge in [-0.2, -0.15) is 4.31 Å². The van der Waals surface area contributed by atoms with E-state index in [1.807, 2.05) is 6.07 Å². The fraction of sp³-hybridized carbons (Fsp3) is 0.211. The highest BCUT2D eigenvalue weighted by Crippen LogP contribution is 2.17. The summed E-state index contributed by atoms with van der Waals surface area (Å²) in [5, 5.41) is 5.63. The zero-order valence-corrected chi connectivity index (χ0v) is 16.3. The molecule has 0 spiro atoms. The van der Waals surface area contributed by atoms with Crippen molar-refractivity contribution < 1.29 is 22.5 Å². The molecule has 2 aromatic carbocycles. The quantitative estimate of drug-likeness (QED) is 0.475. The SMILES string of the molecule is Nc1on[n+](N2CCN(S(=O)(=O)c3ccccc3)CC2)c1C(=O)c1ccccc1. The molecule has 0 atom stereocenters. The summed E-state index contributed by atoms with van der Waals surface area (Å²) in [6.45, 7) is 1.15. The summed E-state index contributed by atoms with van der Waals surface area (Å²) >= 11 is 0. The maximum Gasteiger partial charge on any atom is 0.378 e. The third-order valence-corrected chi connectivity index (χ3v) is 6.68. The fourth-order valence-electron chi connectivity index (χ4n) is 3.24. The molecule has 1 saturated heterocycles. The van der Waals surface area contributed by atoms with Crippen LogP contribution in [0, 0.1) is 0 Å². The number of hydrogen-bond acceptors (Lipinski definition) is 7. The van der Waals surface area contributed by atoms with Gasteiger partial charge in [0.05, 0.1) is 22.8 Å². The van der Waals surface area contributed by atoms with E-state index >= 15 is 0 Å². The van der Waals surface area contributed by atoms with Crippen molar-refractivity contribution in [3.63, 3.8) is 0 Å². The molecule has 0 radical (unpaired) electrons. The number of carbonyl (C=O) groups is 1. The van der Waals surface area contributed by atoms with Gasteiger partial charge in [-0.05, 0) is 12.1 Å². The number of rotatable bonds is 5. The molecule has 4 rings (SSSR count). The van der Waals surface area contributed by atoms with Gasteiger partial charge in [-0.3, -0.25) is 9.32 Å². The fourth-order valence-corrected chi connectivity index (χ4v) is 4.68. The predicted molar refractivity (Wildman–Crippen MR) is 104 cm³/mol. The molecular formula is C19H20N5O4S+. The number of anilines is 1. The number of nitrogen functional groups attached to an aromatic ring is 1. The van der Waals surface area contributed by atoms with E-state index in [0.717, 1.165) is 0 Å². The maximum atomic E-state index is 12.9. The Labute approximate surface area is 167 Å². The first-order valence-corrected chi connectivity index (χ1v) is 10.5. The van der Waals surface area contributed by atoms with Gasteiger partial charge in [0, 0.05) is 18.7 Å². The predicted octanol–water partition coefficient (Wildman–Crippen LogP) is 0.418. The number of nitrogens with zero attached hydrogens (tertiary/aromatic N) is 4. The molecule has 0 amide bonds. The Hall–Kier alpha value is -3.24. The van der Waals surface area contributed by atoms with Crippen LogP contribution in [-0.4, -0.2) is 50.0 Å². The molecule has 0 unspecified atom stereocenters. The van der Waals surface area contributed by atoms with Crippen molar-refractivity contribution in [2.24, 2.45) is 0 Å². The molecule has 2 N–H and O–H groups in total. The van der Waals surface area contributed by atoms with Crippen LogP contribution in [0.25, 0.3) is 0 Å². The molecular weight excluding hydrogens is 394 g/mol. The molecule has 0 bridgehead atoms. The molecule has 2 heterocycles. The van der Waals surface area contributed by atoms with Crippen molar-refractivity contribution in [3.8, 4) is 0 Å². The van der Waals surface area contributed by atoms with Crippen LogP contribution in [0.15, 0.2) is 70.1 Å². The van der Waals surface area contributed by atoms with E-state index in [0.29, 0.717) is 18.7 Å². The Bertz CT molecular complexity index is 1110. The number of hydrogen-bond donors (Lipinski definition) is 1. The topological polar surface area (TPSA) is 114 Å². The van der Waals surface area contributed by atoms with Crippen molar-refractivity contribution in [2.45, 2.75) is 4.90 Å². The van der Waals surface area contributed by atoms with Crippen molar-refractivity contribution in [1.82, 2.24) is 9.58 Å². The molecule has 1 aliphatic rings. The second-order valence-corrected chi connectivity index (χ2v) is 8.48. The molecule has 0 saturated carbocycles. The second kappa shape index (κ2) is 7.64. The van der Waals surface area contributed by atoms with Crippen molar-refractivity contribution in [1.29, 1.82) is 0 Å². The normalized spacial score (nSPS) is 15.4. The van der Waals surface area contributed by atoms with Crippen LogP contribution in [0.5, 0.6) is 0 Å². The smallest absolute Gasteiger partial charge is 0.361 e. The van der Waals surface area contributed by atoms with E-state index in [2.05, 4.69) is 5.27 Å². The van der Waals surface area contributed by atoms with Gasteiger partial charge in [0.25, 0.3) is 5.78 Å². The van der Waals surface area contributed by atoms with E-state index in [4.69, 9.17) is 10.3 Å². The first-order valence-electron chi connectivity index (χ1n) is 9.06. The van der Waals surface area contributed by atoms with Gasteiger partial charge in [-0.15, -0.1) is 5.01 Å². The molecule has 1 aromatic heterocycles. The lowest BCUT2D eigenvalue weighted by molar-refractivity contribution is -0.760. The molecule has 1 fully saturated rings. The monoisotopic (exact) mass is 414 g/mol. The Morgan fingerprint density at radius 2 is 1.55 bits per heavy atom. The third-order valence-electron chi connectivity index (χ3n) is 4.76. The highest BCUT2D eigenvalue weighted by Gasteiger charge is 2.39. The van der Waals surface area contributed by atoms with Gasteiger partial charge < -0.3 is 5.73 Å². The summed E-state index contributed by atoms with van der Waals surface area (Å²) in [4.78, 5) is 14.5. The minimum absolute atomic E-state index is 0.0850. The number of piperazine rings is 1. The lowest BCUT2D eigenvalue weighted by atomic mass is 10.1. The summed E-state index contributed by atoms with van der Waals surface area (Å²) < 4.78 is 32.0. The van der Waals surface area contributed by atoms with E-state index in [1.165, 1.54) is 9.10 Å². The molecule has 10 heteroatoms. The van der Waals surface area contributed by atoms with E-state index in [1.54, 1.807) is 59.6 Å². The minimum atomic E-state index is -3.57. The van der Waals surface area contributed by atoms with Gasteiger partial charge in [0.1, 0.15) is 0 Å². The Morgan fingerprint density at radius 1 is 0.966 bits per heavy atom. The third kappa shape index (κ3) is 3.59. The average molecular weight is 414 g/mol. The summed E-state index contributed by atoms with van der Waals surface area (Å²) in [5.41, 5.74) is 6.44. The van der Waals surface area contributed by atoms with E-state index in [9.17, 15) is 13.2 Å². The van der Waals surface area contributed by atoms with Crippen LogP contribution >= 0.6 is 0 Å². The van der Waals surface area contributed by atoms with Crippen LogP contribution in [0.4, 0.5) is 5.88 Å². The lowest BCUT2D eigenvalue weighted by Crippen LogP contribution is -2.67. The van der Waals surface area contributed by atoms with Crippen molar-refractivity contribution in [3.05, 3.63) is 71.9 Å².